The first kappa shape index (κ1) is 17.2. The summed E-state index contributed by atoms with van der Waals surface area (Å²) >= 11 is 4.91. The molecule has 0 aliphatic carbocycles. The number of rotatable bonds is 7. The molecule has 0 aliphatic rings. The lowest BCUT2D eigenvalue weighted by molar-refractivity contribution is -0.118. The number of hydrogen-bond donors (Lipinski definition) is 2. The SMILES string of the molecule is NC(=O)CCOc1ccccc1NC(=O)C=Cc1ccc(Br)s1. The van der Waals surface area contributed by atoms with Crippen LogP contribution in [-0.4, -0.2) is 18.4 Å². The van der Waals surface area contributed by atoms with Crippen molar-refractivity contribution in [1.29, 1.82) is 0 Å². The predicted octanol–water partition coefficient (Wildman–Crippen LogP) is 3.42. The third kappa shape index (κ3) is 5.88. The summed E-state index contributed by atoms with van der Waals surface area (Å²) in [7, 11) is 0. The molecule has 23 heavy (non-hydrogen) atoms. The maximum Gasteiger partial charge on any atom is 0.248 e. The summed E-state index contributed by atoms with van der Waals surface area (Å²) < 4.78 is 6.48. The van der Waals surface area contributed by atoms with Crippen molar-refractivity contribution in [2.45, 2.75) is 6.42 Å². The van der Waals surface area contributed by atoms with Crippen LogP contribution in [-0.2, 0) is 9.59 Å². The molecule has 0 spiro atoms. The molecule has 0 fully saturated rings. The molecule has 1 heterocycles. The molecule has 120 valence electrons. The van der Waals surface area contributed by atoms with E-state index in [1.807, 2.05) is 12.1 Å². The average Bonchev–Trinajstić information content (AvgIpc) is 2.92. The predicted molar refractivity (Wildman–Crippen MR) is 95.4 cm³/mol. The zero-order valence-electron chi connectivity index (χ0n) is 12.1. The van der Waals surface area contributed by atoms with Crippen LogP contribution >= 0.6 is 27.3 Å². The van der Waals surface area contributed by atoms with Gasteiger partial charge in [-0.2, -0.15) is 0 Å². The minimum Gasteiger partial charge on any atom is -0.491 e. The molecule has 0 saturated heterocycles. The lowest BCUT2D eigenvalue weighted by atomic mass is 10.3. The molecule has 1 aromatic carbocycles. The standard InChI is InChI=1S/C16H15BrN2O3S/c17-14-7-5-11(23-14)6-8-16(21)19-12-3-1-2-4-13(12)22-10-9-15(18)20/h1-8H,9-10H2,(H2,18,20)(H,19,21). The Morgan fingerprint density at radius 3 is 2.74 bits per heavy atom. The molecule has 2 amide bonds. The minimum atomic E-state index is -0.434. The average molecular weight is 395 g/mol. The highest BCUT2D eigenvalue weighted by Crippen LogP contribution is 2.25. The van der Waals surface area contributed by atoms with Crippen molar-refractivity contribution in [1.82, 2.24) is 0 Å². The van der Waals surface area contributed by atoms with Gasteiger partial charge in [0.2, 0.25) is 11.8 Å². The highest BCUT2D eigenvalue weighted by atomic mass is 79.9. The van der Waals surface area contributed by atoms with Gasteiger partial charge in [0, 0.05) is 11.0 Å². The zero-order chi connectivity index (χ0) is 16.7. The van der Waals surface area contributed by atoms with Crippen molar-refractivity contribution < 1.29 is 14.3 Å². The van der Waals surface area contributed by atoms with Crippen LogP contribution in [0.1, 0.15) is 11.3 Å². The lowest BCUT2D eigenvalue weighted by Crippen LogP contribution is -2.15. The summed E-state index contributed by atoms with van der Waals surface area (Å²) in [6, 6.07) is 10.9. The van der Waals surface area contributed by atoms with Crippen LogP contribution in [0.15, 0.2) is 46.3 Å². The van der Waals surface area contributed by atoms with Crippen molar-refractivity contribution >= 4 is 50.8 Å². The summed E-state index contributed by atoms with van der Waals surface area (Å²) in [4.78, 5) is 23.7. The number of hydrogen-bond acceptors (Lipinski definition) is 4. The third-order valence-corrected chi connectivity index (χ3v) is 4.33. The van der Waals surface area contributed by atoms with E-state index >= 15 is 0 Å². The van der Waals surface area contributed by atoms with Gasteiger partial charge in [0.15, 0.2) is 0 Å². The molecular formula is C16H15BrN2O3S. The first-order valence-corrected chi connectivity index (χ1v) is 8.40. The number of amides is 2. The number of primary amides is 1. The molecule has 0 atom stereocenters. The smallest absolute Gasteiger partial charge is 0.248 e. The van der Waals surface area contributed by atoms with Crippen LogP contribution in [0, 0.1) is 0 Å². The molecule has 3 N–H and O–H groups in total. The Morgan fingerprint density at radius 2 is 2.04 bits per heavy atom. The summed E-state index contributed by atoms with van der Waals surface area (Å²) in [6.07, 6.45) is 3.31. The number of anilines is 1. The van der Waals surface area contributed by atoms with Crippen molar-refractivity contribution in [3.8, 4) is 5.75 Å². The number of ether oxygens (including phenoxy) is 1. The lowest BCUT2D eigenvalue weighted by Gasteiger charge is -2.10. The van der Waals surface area contributed by atoms with E-state index in [0.29, 0.717) is 11.4 Å². The van der Waals surface area contributed by atoms with E-state index in [0.717, 1.165) is 8.66 Å². The number of nitrogens with one attached hydrogen (secondary N) is 1. The normalized spacial score (nSPS) is 10.7. The maximum atomic E-state index is 12.0. The van der Waals surface area contributed by atoms with Gasteiger partial charge >= 0.3 is 0 Å². The molecule has 5 nitrogen and oxygen atoms in total. The molecule has 2 aromatic rings. The van der Waals surface area contributed by atoms with Gasteiger partial charge in [-0.25, -0.2) is 0 Å². The fourth-order valence-electron chi connectivity index (χ4n) is 1.71. The number of halogens is 1. The molecule has 1 aromatic heterocycles. The van der Waals surface area contributed by atoms with E-state index in [1.165, 1.54) is 17.4 Å². The highest BCUT2D eigenvalue weighted by Gasteiger charge is 2.06. The number of nitrogens with two attached hydrogens (primary N) is 1. The Hall–Kier alpha value is -2.12. The van der Waals surface area contributed by atoms with Gasteiger partial charge in [0.25, 0.3) is 0 Å². The van der Waals surface area contributed by atoms with Crippen LogP contribution in [0.3, 0.4) is 0 Å². The van der Waals surface area contributed by atoms with E-state index in [1.54, 1.807) is 30.3 Å². The van der Waals surface area contributed by atoms with Crippen LogP contribution in [0.5, 0.6) is 5.75 Å². The molecule has 0 unspecified atom stereocenters. The summed E-state index contributed by atoms with van der Waals surface area (Å²) in [6.45, 7) is 0.168. The quantitative estimate of drug-likeness (QED) is 0.705. The molecule has 0 aliphatic heterocycles. The largest absolute Gasteiger partial charge is 0.491 e. The van der Waals surface area contributed by atoms with E-state index in [9.17, 15) is 9.59 Å². The number of carbonyl (C=O) groups excluding carboxylic acids is 2. The second kappa shape index (κ2) is 8.50. The van der Waals surface area contributed by atoms with E-state index in [-0.39, 0.29) is 18.9 Å². The minimum absolute atomic E-state index is 0.120. The Morgan fingerprint density at radius 1 is 1.26 bits per heavy atom. The fraction of sp³-hybridized carbons (Fsp3) is 0.125. The van der Waals surface area contributed by atoms with Crippen LogP contribution in [0.2, 0.25) is 0 Å². The Kier molecular flexibility index (Phi) is 6.37. The number of carbonyl (C=O) groups is 2. The van der Waals surface area contributed by atoms with Gasteiger partial charge in [-0.1, -0.05) is 12.1 Å². The second-order valence-electron chi connectivity index (χ2n) is 4.53. The van der Waals surface area contributed by atoms with Crippen LogP contribution in [0.4, 0.5) is 5.69 Å². The molecular weight excluding hydrogens is 380 g/mol. The second-order valence-corrected chi connectivity index (χ2v) is 7.02. The summed E-state index contributed by atoms with van der Waals surface area (Å²) in [5, 5.41) is 2.75. The molecule has 0 radical (unpaired) electrons. The van der Waals surface area contributed by atoms with E-state index in [2.05, 4.69) is 21.2 Å². The first-order chi connectivity index (χ1) is 11.0. The monoisotopic (exact) mass is 394 g/mol. The van der Waals surface area contributed by atoms with Crippen LogP contribution < -0.4 is 15.8 Å². The van der Waals surface area contributed by atoms with Gasteiger partial charge in [-0.15, -0.1) is 11.3 Å². The molecule has 0 bridgehead atoms. The van der Waals surface area contributed by atoms with Gasteiger partial charge < -0.3 is 15.8 Å². The van der Waals surface area contributed by atoms with Gasteiger partial charge in [0.05, 0.1) is 22.5 Å². The van der Waals surface area contributed by atoms with Crippen molar-refractivity contribution in [3.05, 3.63) is 51.1 Å². The fourth-order valence-corrected chi connectivity index (χ4v) is 3.03. The maximum absolute atomic E-state index is 12.0. The number of thiophene rings is 1. The van der Waals surface area contributed by atoms with E-state index in [4.69, 9.17) is 10.5 Å². The van der Waals surface area contributed by atoms with Crippen molar-refractivity contribution in [2.75, 3.05) is 11.9 Å². The first-order valence-electron chi connectivity index (χ1n) is 6.79. The molecule has 2 rings (SSSR count). The van der Waals surface area contributed by atoms with Gasteiger partial charge in [-0.05, 0) is 46.3 Å². The van der Waals surface area contributed by atoms with Gasteiger partial charge in [-0.3, -0.25) is 9.59 Å². The number of para-hydroxylation sites is 2. The zero-order valence-corrected chi connectivity index (χ0v) is 14.5. The van der Waals surface area contributed by atoms with E-state index < -0.39 is 5.91 Å². The van der Waals surface area contributed by atoms with Crippen LogP contribution in [0.25, 0.3) is 6.08 Å². The molecule has 0 saturated carbocycles. The Labute approximate surface area is 146 Å². The van der Waals surface area contributed by atoms with Crippen molar-refractivity contribution in [2.24, 2.45) is 5.73 Å². The Bertz CT molecular complexity index is 728. The third-order valence-electron chi connectivity index (χ3n) is 2.74. The highest BCUT2D eigenvalue weighted by molar-refractivity contribution is 9.11. The number of benzene rings is 1. The summed E-state index contributed by atoms with van der Waals surface area (Å²) in [5.74, 6) is -0.202. The topological polar surface area (TPSA) is 81.4 Å². The van der Waals surface area contributed by atoms with Gasteiger partial charge in [0.1, 0.15) is 5.75 Å². The van der Waals surface area contributed by atoms with Crippen molar-refractivity contribution in [3.63, 3.8) is 0 Å². The Balaban J connectivity index is 1.97. The molecule has 7 heteroatoms. The summed E-state index contributed by atoms with van der Waals surface area (Å²) in [5.41, 5.74) is 5.61.